The normalized spacial score (nSPS) is 19.6. The Labute approximate surface area is 120 Å². The number of piperidine rings is 1. The molecule has 0 saturated carbocycles. The molecule has 1 fully saturated rings. The van der Waals surface area contributed by atoms with Gasteiger partial charge in [0, 0.05) is 18.8 Å². The molecule has 1 saturated heterocycles. The summed E-state index contributed by atoms with van der Waals surface area (Å²) in [7, 11) is 3.67. The summed E-state index contributed by atoms with van der Waals surface area (Å²) in [5.41, 5.74) is 6.80. The molecule has 1 aliphatic heterocycles. The van der Waals surface area contributed by atoms with Gasteiger partial charge >= 0.3 is 0 Å². The van der Waals surface area contributed by atoms with Crippen molar-refractivity contribution in [3.05, 3.63) is 23.8 Å². The molecule has 1 aromatic carbocycles. The van der Waals surface area contributed by atoms with Gasteiger partial charge in [0.2, 0.25) is 0 Å². The smallest absolute Gasteiger partial charge is 0.255 e. The van der Waals surface area contributed by atoms with Gasteiger partial charge in [-0.05, 0) is 50.6 Å². The molecule has 5 heteroatoms. The maximum atomic E-state index is 12.2. The lowest BCUT2D eigenvalue weighted by atomic mass is 9.98. The highest BCUT2D eigenvalue weighted by Crippen LogP contribution is 2.21. The van der Waals surface area contributed by atoms with E-state index in [-0.39, 0.29) is 5.91 Å². The van der Waals surface area contributed by atoms with Gasteiger partial charge in [-0.25, -0.2) is 0 Å². The third kappa shape index (κ3) is 3.63. The number of nitrogens with zero attached hydrogens (tertiary/aromatic N) is 1. The third-order valence-electron chi connectivity index (χ3n) is 3.74. The second-order valence-corrected chi connectivity index (χ2v) is 5.44. The lowest BCUT2D eigenvalue weighted by Crippen LogP contribution is -2.39. The molecular formula is C15H23N3O2. The zero-order valence-electron chi connectivity index (χ0n) is 12.2. The number of amides is 1. The molecule has 1 aromatic rings. The average molecular weight is 277 g/mol. The molecule has 0 radical (unpaired) electrons. The summed E-state index contributed by atoms with van der Waals surface area (Å²) < 4.78 is 5.21. The van der Waals surface area contributed by atoms with E-state index in [0.717, 1.165) is 13.1 Å². The van der Waals surface area contributed by atoms with Gasteiger partial charge in [0.1, 0.15) is 5.75 Å². The Morgan fingerprint density at radius 1 is 1.55 bits per heavy atom. The van der Waals surface area contributed by atoms with Crippen LogP contribution in [0.3, 0.4) is 0 Å². The van der Waals surface area contributed by atoms with E-state index in [1.165, 1.54) is 12.8 Å². The fourth-order valence-corrected chi connectivity index (χ4v) is 2.68. The number of benzene rings is 1. The van der Waals surface area contributed by atoms with E-state index in [0.29, 0.717) is 29.5 Å². The van der Waals surface area contributed by atoms with Crippen molar-refractivity contribution >= 4 is 11.6 Å². The lowest BCUT2D eigenvalue weighted by Gasteiger charge is -2.29. The standard InChI is InChI=1S/C15H23N3O2/c1-18-7-3-4-11(10-18)9-17-15(19)13-8-12(16)5-6-14(13)20-2/h5-6,8,11H,3-4,7,9-10,16H2,1-2H3,(H,17,19). The highest BCUT2D eigenvalue weighted by atomic mass is 16.5. The molecule has 0 spiro atoms. The number of nitrogen functional groups attached to an aromatic ring is 1. The molecule has 110 valence electrons. The van der Waals surface area contributed by atoms with Crippen LogP contribution in [-0.4, -0.2) is 44.6 Å². The van der Waals surface area contributed by atoms with Crippen LogP contribution in [0, 0.1) is 5.92 Å². The fraction of sp³-hybridized carbons (Fsp3) is 0.533. The predicted octanol–water partition coefficient (Wildman–Crippen LogP) is 1.35. The number of rotatable bonds is 4. The van der Waals surface area contributed by atoms with Crippen LogP contribution in [0.2, 0.25) is 0 Å². The zero-order valence-corrected chi connectivity index (χ0v) is 12.2. The minimum atomic E-state index is -0.123. The number of likely N-dealkylation sites (tertiary alicyclic amines) is 1. The first kappa shape index (κ1) is 14.7. The van der Waals surface area contributed by atoms with Crippen molar-refractivity contribution in [2.24, 2.45) is 5.92 Å². The summed E-state index contributed by atoms with van der Waals surface area (Å²) in [5.74, 6) is 0.949. The summed E-state index contributed by atoms with van der Waals surface area (Å²) in [6, 6.07) is 5.10. The molecule has 5 nitrogen and oxygen atoms in total. The van der Waals surface area contributed by atoms with Crippen LogP contribution >= 0.6 is 0 Å². The van der Waals surface area contributed by atoms with Gasteiger partial charge in [-0.3, -0.25) is 4.79 Å². The van der Waals surface area contributed by atoms with Crippen molar-refractivity contribution in [3.8, 4) is 5.75 Å². The van der Waals surface area contributed by atoms with E-state index in [1.54, 1.807) is 25.3 Å². The van der Waals surface area contributed by atoms with E-state index >= 15 is 0 Å². The third-order valence-corrected chi connectivity index (χ3v) is 3.74. The van der Waals surface area contributed by atoms with Crippen LogP contribution in [0.15, 0.2) is 18.2 Å². The molecule has 1 amide bonds. The van der Waals surface area contributed by atoms with Crippen molar-refractivity contribution in [2.45, 2.75) is 12.8 Å². The second kappa shape index (κ2) is 6.61. The van der Waals surface area contributed by atoms with E-state index in [2.05, 4.69) is 17.3 Å². The molecule has 3 N–H and O–H groups in total. The summed E-state index contributed by atoms with van der Waals surface area (Å²) in [5, 5.41) is 2.99. The van der Waals surface area contributed by atoms with Gasteiger partial charge in [0.25, 0.3) is 5.91 Å². The number of nitrogens with one attached hydrogen (secondary N) is 1. The van der Waals surface area contributed by atoms with Crippen LogP contribution < -0.4 is 15.8 Å². The zero-order chi connectivity index (χ0) is 14.5. The highest BCUT2D eigenvalue weighted by Gasteiger charge is 2.19. The van der Waals surface area contributed by atoms with Crippen molar-refractivity contribution < 1.29 is 9.53 Å². The van der Waals surface area contributed by atoms with Gasteiger partial charge in [-0.15, -0.1) is 0 Å². The lowest BCUT2D eigenvalue weighted by molar-refractivity contribution is 0.0934. The van der Waals surface area contributed by atoms with E-state index in [9.17, 15) is 4.79 Å². The molecule has 1 heterocycles. The number of methoxy groups -OCH3 is 1. The first-order chi connectivity index (χ1) is 9.60. The molecule has 2 rings (SSSR count). The molecule has 0 bridgehead atoms. The number of carbonyl (C=O) groups is 1. The Morgan fingerprint density at radius 3 is 3.05 bits per heavy atom. The SMILES string of the molecule is COc1ccc(N)cc1C(=O)NCC1CCCN(C)C1. The number of ether oxygens (including phenoxy) is 1. The van der Waals surface area contributed by atoms with E-state index in [1.807, 2.05) is 0 Å². The minimum absolute atomic E-state index is 0.123. The van der Waals surface area contributed by atoms with Gasteiger partial charge in [0.15, 0.2) is 0 Å². The Morgan fingerprint density at radius 2 is 2.35 bits per heavy atom. The maximum absolute atomic E-state index is 12.2. The first-order valence-electron chi connectivity index (χ1n) is 7.00. The van der Waals surface area contributed by atoms with E-state index < -0.39 is 0 Å². The Balaban J connectivity index is 1.96. The Hall–Kier alpha value is -1.75. The van der Waals surface area contributed by atoms with Gasteiger partial charge in [-0.1, -0.05) is 0 Å². The largest absolute Gasteiger partial charge is 0.496 e. The monoisotopic (exact) mass is 277 g/mol. The van der Waals surface area contributed by atoms with Crippen LogP contribution in [0.4, 0.5) is 5.69 Å². The molecule has 0 aromatic heterocycles. The number of nitrogens with two attached hydrogens (primary N) is 1. The molecular weight excluding hydrogens is 254 g/mol. The molecule has 1 unspecified atom stereocenters. The number of carbonyl (C=O) groups excluding carboxylic acids is 1. The van der Waals surface area contributed by atoms with Crippen LogP contribution in [0.5, 0.6) is 5.75 Å². The average Bonchev–Trinajstić information content (AvgIpc) is 2.45. The summed E-state index contributed by atoms with van der Waals surface area (Å²) in [6.07, 6.45) is 2.36. The summed E-state index contributed by atoms with van der Waals surface area (Å²) >= 11 is 0. The molecule has 1 atom stereocenters. The summed E-state index contributed by atoms with van der Waals surface area (Å²) in [6.45, 7) is 2.88. The van der Waals surface area contributed by atoms with Gasteiger partial charge in [-0.2, -0.15) is 0 Å². The molecule has 0 aliphatic carbocycles. The molecule has 20 heavy (non-hydrogen) atoms. The number of anilines is 1. The quantitative estimate of drug-likeness (QED) is 0.815. The summed E-state index contributed by atoms with van der Waals surface area (Å²) in [4.78, 5) is 14.5. The fourth-order valence-electron chi connectivity index (χ4n) is 2.68. The molecule has 1 aliphatic rings. The van der Waals surface area contributed by atoms with Crippen molar-refractivity contribution in [3.63, 3.8) is 0 Å². The Bertz CT molecular complexity index is 476. The second-order valence-electron chi connectivity index (χ2n) is 5.44. The van der Waals surface area contributed by atoms with Gasteiger partial charge in [0.05, 0.1) is 12.7 Å². The maximum Gasteiger partial charge on any atom is 0.255 e. The predicted molar refractivity (Wildman–Crippen MR) is 80.0 cm³/mol. The minimum Gasteiger partial charge on any atom is -0.496 e. The first-order valence-corrected chi connectivity index (χ1v) is 7.00. The number of hydrogen-bond acceptors (Lipinski definition) is 4. The van der Waals surface area contributed by atoms with Crippen molar-refractivity contribution in [1.82, 2.24) is 10.2 Å². The topological polar surface area (TPSA) is 67.6 Å². The van der Waals surface area contributed by atoms with Gasteiger partial charge < -0.3 is 20.7 Å². The highest BCUT2D eigenvalue weighted by molar-refractivity contribution is 5.97. The Kier molecular flexibility index (Phi) is 4.84. The van der Waals surface area contributed by atoms with Crippen molar-refractivity contribution in [1.29, 1.82) is 0 Å². The van der Waals surface area contributed by atoms with Crippen LogP contribution in [-0.2, 0) is 0 Å². The van der Waals surface area contributed by atoms with Crippen LogP contribution in [0.25, 0.3) is 0 Å². The van der Waals surface area contributed by atoms with E-state index in [4.69, 9.17) is 10.5 Å². The van der Waals surface area contributed by atoms with Crippen molar-refractivity contribution in [2.75, 3.05) is 39.5 Å². The number of hydrogen-bond donors (Lipinski definition) is 2. The van der Waals surface area contributed by atoms with Crippen LogP contribution in [0.1, 0.15) is 23.2 Å².